The van der Waals surface area contributed by atoms with E-state index in [1.54, 1.807) is 0 Å². The van der Waals surface area contributed by atoms with Gasteiger partial charge in [0.15, 0.2) is 18.9 Å². The van der Waals surface area contributed by atoms with E-state index in [0.29, 0.717) is 6.42 Å². The van der Waals surface area contributed by atoms with E-state index in [1.807, 2.05) is 0 Å². The van der Waals surface area contributed by atoms with E-state index >= 15 is 0 Å². The number of ether oxygens (including phenoxy) is 6. The Morgan fingerprint density at radius 2 is 0.951 bits per heavy atom. The summed E-state index contributed by atoms with van der Waals surface area (Å²) >= 11 is 0. The fraction of sp³-hybridized carbons (Fsp3) is 0.976. The van der Waals surface area contributed by atoms with Crippen LogP contribution in [0.4, 0.5) is 0 Å². The monoisotopic (exact) mass is 880 g/mol. The van der Waals surface area contributed by atoms with E-state index < -0.39 is 116 Å². The summed E-state index contributed by atoms with van der Waals surface area (Å²) in [4.78, 5) is 13.0. The van der Waals surface area contributed by atoms with E-state index in [-0.39, 0.29) is 38.4 Å². The van der Waals surface area contributed by atoms with Gasteiger partial charge in [0.1, 0.15) is 67.1 Å². The van der Waals surface area contributed by atoms with Crippen molar-refractivity contribution < 1.29 is 63.9 Å². The molecule has 0 aromatic heterocycles. The van der Waals surface area contributed by atoms with E-state index in [4.69, 9.17) is 62.8 Å². The average Bonchev–Trinajstić information content (AvgIpc) is 3.53. The molecule has 0 radical (unpaired) electrons. The molecule has 3 aliphatic heterocycles. The van der Waals surface area contributed by atoms with Gasteiger partial charge in [-0.2, -0.15) is 0 Å². The molecule has 3 saturated heterocycles. The summed E-state index contributed by atoms with van der Waals surface area (Å²) in [5, 5.41) is 67.8. The first-order chi connectivity index (χ1) is 29.2. The number of aliphatic hydroxyl groups is 6. The number of nitrogens with one attached hydrogen (secondary N) is 1. The largest absolute Gasteiger partial charge is 0.389 e. The van der Waals surface area contributed by atoms with Crippen molar-refractivity contribution in [3.8, 4) is 0 Å². The van der Waals surface area contributed by atoms with Crippen LogP contribution < -0.4 is 39.7 Å². The molecule has 4 aliphatic rings. The Hall–Kier alpha value is -1.25. The first-order valence-electron chi connectivity index (χ1n) is 22.9. The van der Waals surface area contributed by atoms with E-state index in [9.17, 15) is 35.4 Å². The van der Waals surface area contributed by atoms with Gasteiger partial charge in [-0.3, -0.25) is 4.79 Å². The quantitative estimate of drug-likeness (QED) is 0.0399. The Labute approximate surface area is 361 Å². The van der Waals surface area contributed by atoms with Crippen LogP contribution in [0.25, 0.3) is 0 Å². The lowest BCUT2D eigenvalue weighted by molar-refractivity contribution is -0.306. The number of rotatable bonds is 26. The number of hydrogen-bond acceptors (Lipinski definition) is 19. The highest BCUT2D eigenvalue weighted by atomic mass is 16.8. The molecule has 1 saturated carbocycles. The second kappa shape index (κ2) is 26.6. The summed E-state index contributed by atoms with van der Waals surface area (Å²) in [6.45, 7) is 1.78. The Morgan fingerprint density at radius 1 is 0.525 bits per heavy atom. The zero-order chi connectivity index (χ0) is 44.6. The number of aliphatic hydroxyl groups excluding tert-OH is 6. The predicted octanol–water partition coefficient (Wildman–Crippen LogP) is -2.51. The van der Waals surface area contributed by atoms with Gasteiger partial charge >= 0.3 is 0 Å². The third-order valence-electron chi connectivity index (χ3n) is 12.7. The van der Waals surface area contributed by atoms with Gasteiger partial charge in [-0.15, -0.1) is 0 Å². The minimum Gasteiger partial charge on any atom is -0.389 e. The van der Waals surface area contributed by atoms with Gasteiger partial charge in [-0.25, -0.2) is 0 Å². The molecule has 0 aromatic rings. The second-order valence-corrected chi connectivity index (χ2v) is 17.6. The maximum Gasteiger partial charge on any atom is 0.220 e. The molecule has 0 spiro atoms. The molecule has 1 aliphatic carbocycles. The van der Waals surface area contributed by atoms with Crippen LogP contribution in [-0.2, 0) is 33.2 Å². The highest BCUT2D eigenvalue weighted by Crippen LogP contribution is 2.34. The highest BCUT2D eigenvalue weighted by Gasteiger charge is 2.54. The highest BCUT2D eigenvalue weighted by molar-refractivity contribution is 5.75. The van der Waals surface area contributed by atoms with Crippen LogP contribution in [0.15, 0.2) is 0 Å². The molecule has 0 aromatic carbocycles. The molecule has 20 nitrogen and oxygen atoms in total. The van der Waals surface area contributed by atoms with Crippen LogP contribution in [0.5, 0.6) is 0 Å². The molecular weight excluding hydrogens is 798 g/mol. The van der Waals surface area contributed by atoms with Gasteiger partial charge in [0.2, 0.25) is 5.91 Å². The second-order valence-electron chi connectivity index (χ2n) is 17.6. The number of nitrogens with two attached hydrogens (primary N) is 6. The summed E-state index contributed by atoms with van der Waals surface area (Å²) in [5.74, 6) is -0.233. The Kier molecular flexibility index (Phi) is 22.9. The minimum atomic E-state index is -1.61. The van der Waals surface area contributed by atoms with Crippen molar-refractivity contribution >= 4 is 5.91 Å². The molecule has 3 heterocycles. The van der Waals surface area contributed by atoms with Crippen molar-refractivity contribution in [3.05, 3.63) is 0 Å². The summed E-state index contributed by atoms with van der Waals surface area (Å²) in [6, 6.07) is -4.25. The van der Waals surface area contributed by atoms with Gasteiger partial charge in [-0.1, -0.05) is 96.8 Å². The molecular formula is C41H81N7O13. The SMILES string of the molecule is CCCCCCCCCCCCCCCCCC(=O)NC[C@H]1O[C@@H](O[C@@H]2[C@@H](O)[C@H](N)C[C@H](N)[C@H]2O[C@H]2O[C@H](CN)[C@@H](O)[C@H](O)[C@H]2N)[C@H](O)[C@@H]1O[C@@H]1O[C@H](CN)[C@H](O)[C@@H](O)[C@@H]1N. The maximum atomic E-state index is 13.0. The molecule has 0 unspecified atom stereocenters. The minimum absolute atomic E-state index is 0.0837. The summed E-state index contributed by atoms with van der Waals surface area (Å²) in [6.07, 6.45) is -1.42. The lowest BCUT2D eigenvalue weighted by Gasteiger charge is -2.47. The molecule has 358 valence electrons. The maximum absolute atomic E-state index is 13.0. The van der Waals surface area contributed by atoms with Crippen molar-refractivity contribution in [2.75, 3.05) is 19.6 Å². The van der Waals surface area contributed by atoms with Crippen LogP contribution >= 0.6 is 0 Å². The van der Waals surface area contributed by atoms with Gasteiger partial charge in [0.25, 0.3) is 0 Å². The van der Waals surface area contributed by atoms with Gasteiger partial charge in [-0.05, 0) is 12.8 Å². The number of carbonyl (C=O) groups excluding carboxylic acids is 1. The first-order valence-corrected chi connectivity index (χ1v) is 22.9. The van der Waals surface area contributed by atoms with Gasteiger partial charge in [0, 0.05) is 38.1 Å². The fourth-order valence-electron chi connectivity index (χ4n) is 8.72. The summed E-state index contributed by atoms with van der Waals surface area (Å²) in [5.41, 5.74) is 36.6. The summed E-state index contributed by atoms with van der Waals surface area (Å²) < 4.78 is 36.2. The van der Waals surface area contributed by atoms with Gasteiger partial charge < -0.3 is 98.8 Å². The Bertz CT molecular complexity index is 1230. The predicted molar refractivity (Wildman–Crippen MR) is 224 cm³/mol. The third-order valence-corrected chi connectivity index (χ3v) is 12.7. The fourth-order valence-corrected chi connectivity index (χ4v) is 8.72. The zero-order valence-corrected chi connectivity index (χ0v) is 36.1. The topological polar surface area (TPSA) is 362 Å². The Balaban J connectivity index is 1.34. The van der Waals surface area contributed by atoms with E-state index in [0.717, 1.165) is 19.3 Å². The van der Waals surface area contributed by atoms with Crippen LogP contribution in [0.1, 0.15) is 116 Å². The van der Waals surface area contributed by atoms with Crippen LogP contribution in [-0.4, -0.2) is 172 Å². The smallest absolute Gasteiger partial charge is 0.220 e. The van der Waals surface area contributed by atoms with E-state index in [1.165, 1.54) is 70.6 Å². The first kappa shape index (κ1) is 52.4. The van der Waals surface area contributed by atoms with Crippen LogP contribution in [0.2, 0.25) is 0 Å². The van der Waals surface area contributed by atoms with Crippen molar-refractivity contribution in [2.24, 2.45) is 34.4 Å². The van der Waals surface area contributed by atoms with Crippen molar-refractivity contribution in [1.82, 2.24) is 5.32 Å². The number of hydrogen-bond donors (Lipinski definition) is 13. The molecule has 4 rings (SSSR count). The van der Waals surface area contributed by atoms with Crippen molar-refractivity contribution in [1.29, 1.82) is 0 Å². The molecule has 0 bridgehead atoms. The average molecular weight is 880 g/mol. The third kappa shape index (κ3) is 14.9. The summed E-state index contributed by atoms with van der Waals surface area (Å²) in [7, 11) is 0. The van der Waals surface area contributed by atoms with Crippen molar-refractivity contribution in [2.45, 2.75) is 232 Å². The molecule has 19 N–H and O–H groups in total. The number of carbonyl (C=O) groups is 1. The van der Waals surface area contributed by atoms with Crippen molar-refractivity contribution in [3.63, 3.8) is 0 Å². The zero-order valence-electron chi connectivity index (χ0n) is 36.1. The lowest BCUT2D eigenvalue weighted by Crippen LogP contribution is -2.68. The lowest BCUT2D eigenvalue weighted by atomic mass is 9.84. The van der Waals surface area contributed by atoms with Gasteiger partial charge in [0.05, 0.1) is 18.2 Å². The number of amides is 1. The standard InChI is InChI=1S/C41H81N7O13/c1-2-3-4-5-6-7-8-9-10-11-12-13-14-15-16-17-27(49)48-21-26-37(60-40-29(47)34(54)32(52)25(20-43)57-40)35(55)41(58-26)61-38-30(50)22(44)18-23(45)36(38)59-39-28(46)33(53)31(51)24(19-42)56-39/h22-26,28-41,50-55H,2-21,42-47H2,1H3,(H,48,49)/t22-,23+,24-,25-,26-,28-,29+,30+,31-,32+,33-,34+,35-,36-,37-,38-,39-,40+,41+/m1/s1. The molecule has 1 amide bonds. The van der Waals surface area contributed by atoms with Crippen LogP contribution in [0, 0.1) is 0 Å². The number of unbranched alkanes of at least 4 members (excludes halogenated alkanes) is 14. The molecule has 19 atom stereocenters. The molecule has 61 heavy (non-hydrogen) atoms. The molecule has 4 fully saturated rings. The Morgan fingerprint density at radius 3 is 1.43 bits per heavy atom. The molecule has 20 heteroatoms. The van der Waals surface area contributed by atoms with Crippen LogP contribution in [0.3, 0.4) is 0 Å². The normalized spacial score (nSPS) is 40.6. The van der Waals surface area contributed by atoms with E-state index in [2.05, 4.69) is 12.2 Å².